The third-order valence-electron chi connectivity index (χ3n) is 22.1. The van der Waals surface area contributed by atoms with E-state index in [-0.39, 0.29) is 96.8 Å². The van der Waals surface area contributed by atoms with E-state index < -0.39 is 41.3 Å². The lowest BCUT2D eigenvalue weighted by molar-refractivity contribution is -0.143. The summed E-state index contributed by atoms with van der Waals surface area (Å²) in [6.07, 6.45) is 13.2. The Hall–Kier alpha value is -7.87. The molecule has 4 aromatic rings. The second-order valence-corrected chi connectivity index (χ2v) is 29.9. The molecule has 0 bridgehead atoms. The predicted octanol–water partition coefficient (Wildman–Crippen LogP) is 5.83. The fraction of sp³-hybridized carbons (Fsp3) is 0.613. The van der Waals surface area contributed by atoms with Crippen LogP contribution in [-0.2, 0) is 59.6 Å². The first-order valence-electron chi connectivity index (χ1n) is 36.8. The summed E-state index contributed by atoms with van der Waals surface area (Å²) in [5.74, 6) is -1.29. The molecule has 5 aliphatic heterocycles. The number of carbonyl (C=O) groups is 7. The molecule has 5 saturated heterocycles. The van der Waals surface area contributed by atoms with Crippen LogP contribution >= 0.6 is 0 Å². The molecule has 23 nitrogen and oxygen atoms in total. The molecule has 11 rings (SSSR count). The summed E-state index contributed by atoms with van der Waals surface area (Å²) >= 11 is 0. The smallest absolute Gasteiger partial charge is 0.246 e. The van der Waals surface area contributed by atoms with Crippen LogP contribution in [0, 0.1) is 23.0 Å². The Bertz CT molecular complexity index is 3490. The van der Waals surface area contributed by atoms with Crippen molar-refractivity contribution in [2.75, 3.05) is 114 Å². The molecule has 25 heteroatoms. The topological polar surface area (TPSA) is 261 Å². The van der Waals surface area contributed by atoms with E-state index in [1.807, 2.05) is 42.5 Å². The van der Waals surface area contributed by atoms with Gasteiger partial charge < -0.3 is 67.0 Å². The number of piperidine rings is 2. The molecule has 1 spiro atoms. The number of nitrogens with one attached hydrogen (secondary N) is 8. The molecule has 7 amide bonds. The fourth-order valence-corrected chi connectivity index (χ4v) is 15.7. The predicted molar refractivity (Wildman–Crippen MR) is 381 cm³/mol. The quantitative estimate of drug-likeness (QED) is 0.0327. The minimum absolute atomic E-state index is 0.00245. The van der Waals surface area contributed by atoms with Gasteiger partial charge >= 0.3 is 0 Å². The average Bonchev–Trinajstić information content (AvgIpc) is 1.03. The molecule has 5 atom stereocenters. The minimum atomic E-state index is -0.857. The van der Waals surface area contributed by atoms with Crippen LogP contribution in [0.25, 0.3) is 0 Å². The van der Waals surface area contributed by atoms with Crippen LogP contribution in [0.4, 0.5) is 26.1 Å². The summed E-state index contributed by atoms with van der Waals surface area (Å²) in [5, 5.41) is 25.0. The SMILES string of the molecule is CN[C@@H](C)C(=O)N[C@H](C(=O)N1C[C@@H](NC(=O)CCC(=O)NCCCN2CCN(CCC(=O)NCc3cccc(CNc4cc(N5CCC6(CC5)CN(c5cc(F)c(CN7CCC(C)(C)CC7)cc5F)CC(=O)N6)ncn4)c3)CC2)C[C@H]1C(=O)NC1CCCc2ccccc21)C1CCCCC1. The van der Waals surface area contributed by atoms with E-state index in [1.165, 1.54) is 24.0 Å². The van der Waals surface area contributed by atoms with Gasteiger partial charge in [-0.3, -0.25) is 38.5 Å². The Morgan fingerprint density at radius 3 is 2.19 bits per heavy atom. The summed E-state index contributed by atoms with van der Waals surface area (Å²) < 4.78 is 31.4. The van der Waals surface area contributed by atoms with Crippen LogP contribution < -0.4 is 52.3 Å². The molecule has 100 heavy (non-hydrogen) atoms. The van der Waals surface area contributed by atoms with E-state index in [0.717, 1.165) is 139 Å². The largest absolute Gasteiger partial charge is 0.366 e. The third-order valence-corrected chi connectivity index (χ3v) is 22.1. The Kier molecular flexibility index (Phi) is 25.1. The lowest BCUT2D eigenvalue weighted by Crippen LogP contribution is -2.66. The molecule has 1 unspecified atom stereocenters. The third kappa shape index (κ3) is 19.8. The monoisotopic (exact) mass is 1380 g/mol. The second-order valence-electron chi connectivity index (χ2n) is 29.9. The Morgan fingerprint density at radius 2 is 1.43 bits per heavy atom. The first-order chi connectivity index (χ1) is 48.2. The maximum atomic E-state index is 15.8. The number of carbonyl (C=O) groups excluding carboxylic acids is 7. The number of rotatable bonds is 27. The fourth-order valence-electron chi connectivity index (χ4n) is 15.7. The van der Waals surface area contributed by atoms with Crippen molar-refractivity contribution in [2.24, 2.45) is 11.3 Å². The first-order valence-corrected chi connectivity index (χ1v) is 36.8. The van der Waals surface area contributed by atoms with Crippen LogP contribution in [-0.4, -0.2) is 199 Å². The van der Waals surface area contributed by atoms with Gasteiger partial charge in [0.1, 0.15) is 41.7 Å². The number of fused-ring (bicyclic) bond motifs is 1. The van der Waals surface area contributed by atoms with Crippen molar-refractivity contribution < 1.29 is 42.3 Å². The summed E-state index contributed by atoms with van der Waals surface area (Å²) in [5.41, 5.74) is 4.39. The zero-order chi connectivity index (χ0) is 70.3. The Balaban J connectivity index is 0.557. The van der Waals surface area contributed by atoms with E-state index in [4.69, 9.17) is 0 Å². The van der Waals surface area contributed by atoms with E-state index in [1.54, 1.807) is 23.8 Å². The summed E-state index contributed by atoms with van der Waals surface area (Å²) in [4.78, 5) is 117. The van der Waals surface area contributed by atoms with Crippen LogP contribution in [0.15, 0.2) is 73.1 Å². The number of hydrogen-bond acceptors (Lipinski definition) is 16. The van der Waals surface area contributed by atoms with Gasteiger partial charge in [-0.05, 0) is 144 Å². The molecule has 1 aromatic heterocycles. The average molecular weight is 1380 g/mol. The zero-order valence-electron chi connectivity index (χ0n) is 59.1. The number of likely N-dealkylation sites (N-methyl/N-ethyl adjacent to an activating group) is 1. The molecular formula is C75H106F2N16O7. The van der Waals surface area contributed by atoms with E-state index in [2.05, 4.69) is 98.1 Å². The van der Waals surface area contributed by atoms with Crippen molar-refractivity contribution in [3.05, 3.63) is 113 Å². The lowest BCUT2D eigenvalue weighted by Gasteiger charge is -2.48. The van der Waals surface area contributed by atoms with Gasteiger partial charge in [-0.2, -0.15) is 0 Å². The normalized spacial score (nSPS) is 21.9. The number of amides is 7. The van der Waals surface area contributed by atoms with E-state index in [0.29, 0.717) is 83.0 Å². The molecular weight excluding hydrogens is 1270 g/mol. The number of benzene rings is 3. The van der Waals surface area contributed by atoms with Crippen molar-refractivity contribution in [3.8, 4) is 0 Å². The summed E-state index contributed by atoms with van der Waals surface area (Å²) in [7, 11) is 1.70. The number of anilines is 3. The lowest BCUT2D eigenvalue weighted by atomic mass is 9.82. The zero-order valence-corrected chi connectivity index (χ0v) is 59.1. The second kappa shape index (κ2) is 34.2. The molecule has 0 radical (unpaired) electrons. The molecule has 542 valence electrons. The van der Waals surface area contributed by atoms with Gasteiger partial charge in [0.05, 0.1) is 29.9 Å². The molecule has 8 N–H and O–H groups in total. The molecule has 6 heterocycles. The Labute approximate surface area is 588 Å². The van der Waals surface area contributed by atoms with Gasteiger partial charge in [-0.1, -0.05) is 81.6 Å². The number of aryl methyl sites for hydroxylation is 1. The highest BCUT2D eigenvalue weighted by Gasteiger charge is 2.46. The summed E-state index contributed by atoms with van der Waals surface area (Å²) in [6, 6.07) is 17.8. The number of likely N-dealkylation sites (tertiary alicyclic amines) is 2. The van der Waals surface area contributed by atoms with Crippen LogP contribution in [0.1, 0.15) is 157 Å². The highest BCUT2D eigenvalue weighted by molar-refractivity contribution is 5.94. The van der Waals surface area contributed by atoms with Gasteiger partial charge in [0.2, 0.25) is 41.4 Å². The number of aromatic nitrogens is 2. The number of nitrogens with zero attached hydrogens (tertiary/aromatic N) is 8. The maximum Gasteiger partial charge on any atom is 0.246 e. The van der Waals surface area contributed by atoms with Gasteiger partial charge in [-0.15, -0.1) is 0 Å². The highest BCUT2D eigenvalue weighted by atomic mass is 19.1. The van der Waals surface area contributed by atoms with Crippen LogP contribution in [0.3, 0.4) is 0 Å². The van der Waals surface area contributed by atoms with Gasteiger partial charge in [-0.25, -0.2) is 18.7 Å². The standard InChI is InChI=1S/C75H106F2N16O7/c1-51(78-4)71(98)86-70(55-16-6-5-7-17-55)73(100)93-47-57(41-63(93)72(99)85-61-20-11-18-54-15-8-9-19-58(54)61)84-68(96)22-21-66(94)79-28-12-29-88-35-37-89(38-36-88)30-23-67(95)81-45-53-14-10-13-52(39-53)44-80-64-43-65(83-50-82-64)91-33-26-75(27-34-91)49-92(48-69(97)87-75)62-42-59(76)56(40-60(62)77)46-90-31-24-74(2,3)25-32-90/h8-10,13-15,19,39-40,42-43,50-51,55,57,61,63,70,78H,5-7,11-12,16-18,20-38,41,44-49H2,1-4H3,(H,79,94)(H,81,95)(H,84,96)(H,85,99)(H,86,98)(H,87,97)(H,80,82,83)/t51-,57-,61?,63-,70-/m0/s1. The van der Waals surface area contributed by atoms with Crippen LogP contribution in [0.2, 0.25) is 0 Å². The van der Waals surface area contributed by atoms with Gasteiger partial charge in [0.25, 0.3) is 0 Å². The van der Waals surface area contributed by atoms with Crippen molar-refractivity contribution in [1.29, 1.82) is 0 Å². The van der Waals surface area contributed by atoms with Crippen molar-refractivity contribution in [2.45, 2.75) is 185 Å². The molecule has 6 fully saturated rings. The van der Waals surface area contributed by atoms with Gasteiger partial charge in [0, 0.05) is 128 Å². The van der Waals surface area contributed by atoms with E-state index in [9.17, 15) is 33.6 Å². The van der Waals surface area contributed by atoms with E-state index >= 15 is 8.78 Å². The number of halogens is 2. The maximum absolute atomic E-state index is 15.8. The first kappa shape index (κ1) is 73.4. The Morgan fingerprint density at radius 1 is 0.710 bits per heavy atom. The highest BCUT2D eigenvalue weighted by Crippen LogP contribution is 2.37. The number of piperazine rings is 2. The summed E-state index contributed by atoms with van der Waals surface area (Å²) in [6.45, 7) is 16.1. The van der Waals surface area contributed by atoms with Crippen LogP contribution in [0.5, 0.6) is 0 Å². The van der Waals surface area contributed by atoms with Crippen molar-refractivity contribution in [1.82, 2.24) is 66.8 Å². The van der Waals surface area contributed by atoms with Crippen molar-refractivity contribution >= 4 is 58.7 Å². The molecule has 1 saturated carbocycles. The number of hydrogen-bond donors (Lipinski definition) is 8. The van der Waals surface area contributed by atoms with Crippen molar-refractivity contribution in [3.63, 3.8) is 0 Å². The molecule has 2 aliphatic carbocycles. The molecule has 7 aliphatic rings. The minimum Gasteiger partial charge on any atom is -0.366 e. The van der Waals surface area contributed by atoms with Gasteiger partial charge in [0.15, 0.2) is 0 Å². The molecule has 3 aromatic carbocycles.